The van der Waals surface area contributed by atoms with Crippen molar-refractivity contribution in [3.05, 3.63) is 36.5 Å². The zero-order chi connectivity index (χ0) is 10.8. The third-order valence-corrected chi connectivity index (χ3v) is 2.50. The summed E-state index contributed by atoms with van der Waals surface area (Å²) in [5, 5.41) is 0. The first kappa shape index (κ1) is 9.90. The van der Waals surface area contributed by atoms with Crippen LogP contribution in [0.4, 0.5) is 0 Å². The smallest absolute Gasteiger partial charge is 0.111 e. The molecule has 0 saturated carbocycles. The van der Waals surface area contributed by atoms with E-state index in [-0.39, 0.29) is 0 Å². The lowest BCUT2D eigenvalue weighted by Crippen LogP contribution is -2.01. The zero-order valence-electron chi connectivity index (χ0n) is 9.31. The molecule has 2 heterocycles. The molecule has 78 valence electrons. The molecule has 0 fully saturated rings. The average Bonchev–Trinajstić information content (AvgIpc) is 2.61. The van der Waals surface area contributed by atoms with Gasteiger partial charge in [0.05, 0.1) is 11.9 Å². The van der Waals surface area contributed by atoms with Crippen LogP contribution in [0, 0.1) is 0 Å². The number of hydrogen-bond acceptors (Lipinski definition) is 2. The maximum atomic E-state index is 4.43. The van der Waals surface area contributed by atoms with Crippen LogP contribution in [-0.2, 0) is 7.05 Å². The summed E-state index contributed by atoms with van der Waals surface area (Å²) in [6.45, 7) is 4.30. The Morgan fingerprint density at radius 1 is 1.27 bits per heavy atom. The second-order valence-corrected chi connectivity index (χ2v) is 3.96. The number of pyridine rings is 1. The predicted octanol–water partition coefficient (Wildman–Crippen LogP) is 2.61. The quantitative estimate of drug-likeness (QED) is 0.747. The summed E-state index contributed by atoms with van der Waals surface area (Å²) in [4.78, 5) is 8.54. The second-order valence-electron chi connectivity index (χ2n) is 3.96. The van der Waals surface area contributed by atoms with E-state index < -0.39 is 0 Å². The third kappa shape index (κ3) is 1.77. The number of hydrogen-bond donors (Lipinski definition) is 0. The van der Waals surface area contributed by atoms with Crippen molar-refractivity contribution in [1.29, 1.82) is 0 Å². The molecule has 15 heavy (non-hydrogen) atoms. The molecule has 2 aromatic rings. The van der Waals surface area contributed by atoms with Crippen LogP contribution in [0.5, 0.6) is 0 Å². The Balaban J connectivity index is 2.47. The molecule has 3 nitrogen and oxygen atoms in total. The molecule has 0 spiro atoms. The van der Waals surface area contributed by atoms with E-state index in [9.17, 15) is 0 Å². The Morgan fingerprint density at radius 2 is 2.07 bits per heavy atom. The van der Waals surface area contributed by atoms with Crippen LogP contribution in [-0.4, -0.2) is 14.5 Å². The van der Waals surface area contributed by atoms with Gasteiger partial charge in [0.2, 0.25) is 0 Å². The van der Waals surface area contributed by atoms with Crippen LogP contribution in [0.15, 0.2) is 30.7 Å². The summed E-state index contributed by atoms with van der Waals surface area (Å²) in [6, 6.07) is 3.99. The van der Waals surface area contributed by atoms with E-state index in [0.717, 1.165) is 17.1 Å². The largest absolute Gasteiger partial charge is 0.331 e. The molecule has 0 N–H and O–H groups in total. The van der Waals surface area contributed by atoms with Crippen LogP contribution in [0.2, 0.25) is 0 Å². The Morgan fingerprint density at radius 3 is 2.60 bits per heavy atom. The van der Waals surface area contributed by atoms with Gasteiger partial charge in [0.25, 0.3) is 0 Å². The van der Waals surface area contributed by atoms with Crippen LogP contribution < -0.4 is 0 Å². The van der Waals surface area contributed by atoms with Gasteiger partial charge in [0.1, 0.15) is 5.82 Å². The highest BCUT2D eigenvalue weighted by atomic mass is 15.1. The van der Waals surface area contributed by atoms with Crippen LogP contribution in [0.3, 0.4) is 0 Å². The molecular formula is C12H15N3. The zero-order valence-corrected chi connectivity index (χ0v) is 9.31. The van der Waals surface area contributed by atoms with E-state index in [2.05, 4.69) is 28.4 Å². The first-order valence-electron chi connectivity index (χ1n) is 5.12. The van der Waals surface area contributed by atoms with E-state index in [0.29, 0.717) is 5.92 Å². The molecule has 0 radical (unpaired) electrons. The van der Waals surface area contributed by atoms with Gasteiger partial charge in [-0.2, -0.15) is 0 Å². The van der Waals surface area contributed by atoms with Crippen LogP contribution in [0.25, 0.3) is 11.3 Å². The Hall–Kier alpha value is -1.64. The summed E-state index contributed by atoms with van der Waals surface area (Å²) < 4.78 is 2.13. The first-order valence-corrected chi connectivity index (χ1v) is 5.12. The second kappa shape index (κ2) is 3.85. The van der Waals surface area contributed by atoms with Crippen molar-refractivity contribution in [2.45, 2.75) is 19.8 Å². The van der Waals surface area contributed by atoms with Crippen molar-refractivity contribution >= 4 is 0 Å². The number of imidazole rings is 1. The highest BCUT2D eigenvalue weighted by Crippen LogP contribution is 2.21. The SMILES string of the molecule is CC(C)c1ncc(-c2cccnc2)n1C. The summed E-state index contributed by atoms with van der Waals surface area (Å²) in [5.74, 6) is 1.55. The summed E-state index contributed by atoms with van der Waals surface area (Å²) in [6.07, 6.45) is 5.55. The molecule has 0 saturated heterocycles. The van der Waals surface area contributed by atoms with Gasteiger partial charge in [0.15, 0.2) is 0 Å². The van der Waals surface area contributed by atoms with E-state index >= 15 is 0 Å². The first-order chi connectivity index (χ1) is 7.20. The van der Waals surface area contributed by atoms with Gasteiger partial charge in [-0.25, -0.2) is 4.98 Å². The lowest BCUT2D eigenvalue weighted by atomic mass is 10.2. The van der Waals surface area contributed by atoms with E-state index in [1.807, 2.05) is 31.6 Å². The normalized spacial score (nSPS) is 10.9. The molecule has 2 rings (SSSR count). The van der Waals surface area contributed by atoms with Gasteiger partial charge in [-0.1, -0.05) is 13.8 Å². The van der Waals surface area contributed by atoms with Gasteiger partial charge in [-0.05, 0) is 12.1 Å². The van der Waals surface area contributed by atoms with Crippen molar-refractivity contribution in [2.24, 2.45) is 7.05 Å². The maximum absolute atomic E-state index is 4.43. The minimum atomic E-state index is 0.445. The average molecular weight is 201 g/mol. The highest BCUT2D eigenvalue weighted by molar-refractivity contribution is 5.57. The molecule has 0 amide bonds. The highest BCUT2D eigenvalue weighted by Gasteiger charge is 2.10. The summed E-state index contributed by atoms with van der Waals surface area (Å²) in [5.41, 5.74) is 2.23. The lowest BCUT2D eigenvalue weighted by Gasteiger charge is -2.07. The fraction of sp³-hybridized carbons (Fsp3) is 0.333. The fourth-order valence-corrected chi connectivity index (χ4v) is 1.74. The van der Waals surface area contributed by atoms with Crippen molar-refractivity contribution in [3.8, 4) is 11.3 Å². The minimum Gasteiger partial charge on any atom is -0.331 e. The van der Waals surface area contributed by atoms with Crippen molar-refractivity contribution in [3.63, 3.8) is 0 Å². The summed E-state index contributed by atoms with van der Waals surface area (Å²) in [7, 11) is 2.05. The van der Waals surface area contributed by atoms with Gasteiger partial charge in [-0.3, -0.25) is 4.98 Å². The topological polar surface area (TPSA) is 30.7 Å². The standard InChI is InChI=1S/C12H15N3/c1-9(2)12-14-8-11(15(12)3)10-5-4-6-13-7-10/h4-9H,1-3H3. The molecule has 0 unspecified atom stereocenters. The van der Waals surface area contributed by atoms with Gasteiger partial charge >= 0.3 is 0 Å². The van der Waals surface area contributed by atoms with Gasteiger partial charge in [0, 0.05) is 30.9 Å². The van der Waals surface area contributed by atoms with Crippen LogP contribution in [0.1, 0.15) is 25.6 Å². The maximum Gasteiger partial charge on any atom is 0.111 e. The van der Waals surface area contributed by atoms with Crippen molar-refractivity contribution in [2.75, 3.05) is 0 Å². The minimum absolute atomic E-state index is 0.445. The van der Waals surface area contributed by atoms with E-state index in [1.54, 1.807) is 6.20 Å². The monoisotopic (exact) mass is 201 g/mol. The van der Waals surface area contributed by atoms with Crippen molar-refractivity contribution < 1.29 is 0 Å². The van der Waals surface area contributed by atoms with E-state index in [1.165, 1.54) is 0 Å². The van der Waals surface area contributed by atoms with Gasteiger partial charge in [-0.15, -0.1) is 0 Å². The number of rotatable bonds is 2. The van der Waals surface area contributed by atoms with Crippen LogP contribution >= 0.6 is 0 Å². The van der Waals surface area contributed by atoms with E-state index in [4.69, 9.17) is 0 Å². The Labute approximate surface area is 89.8 Å². The Bertz CT molecular complexity index is 443. The molecule has 2 aromatic heterocycles. The molecule has 0 aromatic carbocycles. The molecule has 0 aliphatic carbocycles. The fourth-order valence-electron chi connectivity index (χ4n) is 1.74. The molecule has 0 bridgehead atoms. The van der Waals surface area contributed by atoms with Crippen molar-refractivity contribution in [1.82, 2.24) is 14.5 Å². The molecule has 0 aliphatic rings. The third-order valence-electron chi connectivity index (χ3n) is 2.50. The van der Waals surface area contributed by atoms with Gasteiger partial charge < -0.3 is 4.57 Å². The molecule has 3 heteroatoms. The Kier molecular flexibility index (Phi) is 2.54. The molecule has 0 aliphatic heterocycles. The predicted molar refractivity (Wildman–Crippen MR) is 60.5 cm³/mol. The number of nitrogens with zero attached hydrogens (tertiary/aromatic N) is 3. The number of aromatic nitrogens is 3. The molecular weight excluding hydrogens is 186 g/mol. The molecule has 0 atom stereocenters. The lowest BCUT2D eigenvalue weighted by molar-refractivity contribution is 0.714. The summed E-state index contributed by atoms with van der Waals surface area (Å²) >= 11 is 0.